The van der Waals surface area contributed by atoms with Crippen LogP contribution in [0.3, 0.4) is 0 Å². The molecule has 2 aromatic rings. The maximum atomic E-state index is 12.3. The zero-order valence-corrected chi connectivity index (χ0v) is 15.2. The molecule has 0 bridgehead atoms. The van der Waals surface area contributed by atoms with Gasteiger partial charge in [0.2, 0.25) is 10.0 Å². The number of benzene rings is 2. The second-order valence-corrected chi connectivity index (χ2v) is 7.67. The van der Waals surface area contributed by atoms with E-state index in [0.29, 0.717) is 15.6 Å². The van der Waals surface area contributed by atoms with Gasteiger partial charge in [0.1, 0.15) is 5.75 Å². The summed E-state index contributed by atoms with van der Waals surface area (Å²) >= 11 is 29.5. The fraction of sp³-hybridized carbons (Fsp3) is 0.133. The Morgan fingerprint density at radius 1 is 1.04 bits per heavy atom. The number of nitrogens with one attached hydrogen (secondary N) is 1. The highest BCUT2D eigenvalue weighted by Crippen LogP contribution is 2.34. The lowest BCUT2D eigenvalue weighted by Gasteiger charge is -2.26. The number of ether oxygens (including phenoxy) is 1. The molecule has 0 aliphatic carbocycles. The fourth-order valence-corrected chi connectivity index (χ4v) is 2.35. The van der Waals surface area contributed by atoms with Gasteiger partial charge in [-0.15, -0.1) is 0 Å². The van der Waals surface area contributed by atoms with Crippen molar-refractivity contribution >= 4 is 63.9 Å². The highest BCUT2D eigenvalue weighted by molar-refractivity contribution is 6.68. The molecule has 0 saturated carbocycles. The standard InChI is InChI=1S/C15H10Cl5NO2/c16-10-5-3-4-9(8-10)13(22)21-14(15(18,19)20)23-12-7-2-1-6-11(12)17/h1-8,14H,(H,21,22). The van der Waals surface area contributed by atoms with E-state index in [2.05, 4.69) is 5.32 Å². The number of para-hydroxylation sites is 1. The van der Waals surface area contributed by atoms with Crippen LogP contribution in [0.15, 0.2) is 48.5 Å². The van der Waals surface area contributed by atoms with Crippen LogP contribution in [0.25, 0.3) is 0 Å². The number of carbonyl (C=O) groups is 1. The first-order valence-electron chi connectivity index (χ1n) is 6.31. The van der Waals surface area contributed by atoms with E-state index >= 15 is 0 Å². The summed E-state index contributed by atoms with van der Waals surface area (Å²) in [6, 6.07) is 13.0. The van der Waals surface area contributed by atoms with Crippen LogP contribution in [0.1, 0.15) is 10.4 Å². The molecule has 1 N–H and O–H groups in total. The summed E-state index contributed by atoms with van der Waals surface area (Å²) in [6.07, 6.45) is -1.25. The van der Waals surface area contributed by atoms with Crippen molar-refractivity contribution in [1.29, 1.82) is 0 Å². The van der Waals surface area contributed by atoms with Crippen molar-refractivity contribution in [3.63, 3.8) is 0 Å². The molecular formula is C15H10Cl5NO2. The van der Waals surface area contributed by atoms with E-state index in [1.807, 2.05) is 0 Å². The molecule has 0 spiro atoms. The summed E-state index contributed by atoms with van der Waals surface area (Å²) in [5, 5.41) is 3.24. The minimum Gasteiger partial charge on any atom is -0.464 e. The average Bonchev–Trinajstić information content (AvgIpc) is 2.47. The molecule has 0 radical (unpaired) electrons. The van der Waals surface area contributed by atoms with Crippen molar-refractivity contribution in [3.05, 3.63) is 64.1 Å². The lowest BCUT2D eigenvalue weighted by Crippen LogP contribution is -2.47. The molecule has 2 rings (SSSR count). The monoisotopic (exact) mass is 411 g/mol. The van der Waals surface area contributed by atoms with Gasteiger partial charge >= 0.3 is 0 Å². The van der Waals surface area contributed by atoms with Gasteiger partial charge in [0.15, 0.2) is 0 Å². The lowest BCUT2D eigenvalue weighted by atomic mass is 10.2. The van der Waals surface area contributed by atoms with Crippen LogP contribution >= 0.6 is 58.0 Å². The van der Waals surface area contributed by atoms with Gasteiger partial charge in [0, 0.05) is 10.6 Å². The summed E-state index contributed by atoms with van der Waals surface area (Å²) < 4.78 is 3.63. The lowest BCUT2D eigenvalue weighted by molar-refractivity contribution is 0.0833. The Hall–Kier alpha value is -0.840. The van der Waals surface area contributed by atoms with Crippen molar-refractivity contribution in [2.75, 3.05) is 0 Å². The van der Waals surface area contributed by atoms with Crippen LogP contribution in [0.4, 0.5) is 0 Å². The minimum absolute atomic E-state index is 0.275. The smallest absolute Gasteiger partial charge is 0.254 e. The third kappa shape index (κ3) is 5.33. The Morgan fingerprint density at radius 3 is 2.35 bits per heavy atom. The van der Waals surface area contributed by atoms with E-state index < -0.39 is 15.9 Å². The topological polar surface area (TPSA) is 38.3 Å². The number of alkyl halides is 3. The van der Waals surface area contributed by atoms with Crippen molar-refractivity contribution in [1.82, 2.24) is 5.32 Å². The van der Waals surface area contributed by atoms with Crippen LogP contribution in [-0.2, 0) is 0 Å². The Balaban J connectivity index is 2.20. The van der Waals surface area contributed by atoms with Gasteiger partial charge in [-0.1, -0.05) is 76.2 Å². The Morgan fingerprint density at radius 2 is 1.74 bits per heavy atom. The number of rotatable bonds is 4. The van der Waals surface area contributed by atoms with Crippen molar-refractivity contribution < 1.29 is 9.53 Å². The average molecular weight is 414 g/mol. The van der Waals surface area contributed by atoms with Gasteiger partial charge in [0.05, 0.1) is 5.02 Å². The molecule has 2 aromatic carbocycles. The summed E-state index contributed by atoms with van der Waals surface area (Å²) in [5.41, 5.74) is 0.305. The zero-order chi connectivity index (χ0) is 17.0. The second-order valence-electron chi connectivity index (χ2n) is 4.45. The van der Waals surface area contributed by atoms with Crippen LogP contribution in [0, 0.1) is 0 Å². The molecule has 1 atom stereocenters. The van der Waals surface area contributed by atoms with Gasteiger partial charge in [-0.2, -0.15) is 0 Å². The SMILES string of the molecule is O=C(NC(Oc1ccccc1Cl)C(Cl)(Cl)Cl)c1cccc(Cl)c1. The van der Waals surface area contributed by atoms with Crippen LogP contribution in [0.2, 0.25) is 10.0 Å². The van der Waals surface area contributed by atoms with E-state index in [0.717, 1.165) is 0 Å². The molecule has 1 amide bonds. The molecule has 3 nitrogen and oxygen atoms in total. The van der Waals surface area contributed by atoms with E-state index in [1.165, 1.54) is 6.07 Å². The molecule has 0 fully saturated rings. The number of hydrogen-bond acceptors (Lipinski definition) is 2. The second kappa shape index (κ2) is 7.82. The first-order valence-corrected chi connectivity index (χ1v) is 8.20. The number of amides is 1. The number of halogens is 5. The summed E-state index contributed by atoms with van der Waals surface area (Å²) in [4.78, 5) is 12.3. The predicted octanol–water partition coefficient (Wildman–Crippen LogP) is 5.50. The Bertz CT molecular complexity index is 702. The van der Waals surface area contributed by atoms with E-state index in [-0.39, 0.29) is 5.75 Å². The van der Waals surface area contributed by atoms with Gasteiger partial charge in [-0.05, 0) is 30.3 Å². The Labute approximate surface area is 158 Å². The van der Waals surface area contributed by atoms with Gasteiger partial charge in [0.25, 0.3) is 5.91 Å². The fourth-order valence-electron chi connectivity index (χ4n) is 1.68. The first-order chi connectivity index (χ1) is 10.8. The maximum absolute atomic E-state index is 12.3. The molecule has 0 saturated heterocycles. The normalized spacial score (nSPS) is 12.6. The molecule has 0 aromatic heterocycles. The minimum atomic E-state index is -1.91. The largest absolute Gasteiger partial charge is 0.464 e. The van der Waals surface area contributed by atoms with Gasteiger partial charge < -0.3 is 10.1 Å². The van der Waals surface area contributed by atoms with Gasteiger partial charge in [-0.25, -0.2) is 0 Å². The molecule has 23 heavy (non-hydrogen) atoms. The van der Waals surface area contributed by atoms with E-state index in [4.69, 9.17) is 62.7 Å². The molecule has 1 unspecified atom stereocenters. The van der Waals surface area contributed by atoms with Crippen LogP contribution < -0.4 is 10.1 Å². The highest BCUT2D eigenvalue weighted by atomic mass is 35.6. The van der Waals surface area contributed by atoms with Crippen LogP contribution in [0.5, 0.6) is 5.75 Å². The molecule has 0 heterocycles. The summed E-state index contributed by atoms with van der Waals surface area (Å²) in [5.74, 6) is -0.229. The van der Waals surface area contributed by atoms with Gasteiger partial charge in [-0.3, -0.25) is 4.79 Å². The maximum Gasteiger partial charge on any atom is 0.254 e. The highest BCUT2D eigenvalue weighted by Gasteiger charge is 2.36. The summed E-state index contributed by atoms with van der Waals surface area (Å²) in [6.45, 7) is 0. The van der Waals surface area contributed by atoms with Crippen molar-refractivity contribution in [2.24, 2.45) is 0 Å². The van der Waals surface area contributed by atoms with Crippen molar-refractivity contribution in [2.45, 2.75) is 10.0 Å². The third-order valence-corrected chi connectivity index (χ3v) is 3.87. The number of carbonyl (C=O) groups excluding carboxylic acids is 1. The molecule has 8 heteroatoms. The van der Waals surface area contributed by atoms with E-state index in [9.17, 15) is 4.79 Å². The van der Waals surface area contributed by atoms with E-state index in [1.54, 1.807) is 42.5 Å². The third-order valence-electron chi connectivity index (χ3n) is 2.73. The molecule has 0 aliphatic heterocycles. The van der Waals surface area contributed by atoms with Crippen LogP contribution in [-0.4, -0.2) is 15.9 Å². The predicted molar refractivity (Wildman–Crippen MR) is 95.1 cm³/mol. The molecular weight excluding hydrogens is 403 g/mol. The Kier molecular flexibility index (Phi) is 6.29. The zero-order valence-electron chi connectivity index (χ0n) is 11.4. The molecule has 122 valence electrons. The molecule has 0 aliphatic rings. The quantitative estimate of drug-likeness (QED) is 0.531. The number of hydrogen-bond donors (Lipinski definition) is 1. The van der Waals surface area contributed by atoms with Crippen molar-refractivity contribution in [3.8, 4) is 5.75 Å². The first kappa shape index (κ1) is 18.5. The summed E-state index contributed by atoms with van der Waals surface area (Å²) in [7, 11) is 0.